The van der Waals surface area contributed by atoms with Gasteiger partial charge in [0, 0.05) is 0 Å². The molecule has 0 saturated heterocycles. The van der Waals surface area contributed by atoms with E-state index in [9.17, 15) is 0 Å². The van der Waals surface area contributed by atoms with E-state index in [4.69, 9.17) is 13.3 Å². The van der Waals surface area contributed by atoms with Crippen LogP contribution in [0.4, 0.5) is 0 Å². The molecule has 0 aromatic rings. The quantitative estimate of drug-likeness (QED) is 0.308. The fourth-order valence-corrected chi connectivity index (χ4v) is 14.5. The van der Waals surface area contributed by atoms with Gasteiger partial charge in [-0.25, -0.2) is 0 Å². The molecule has 4 aliphatic rings. The summed E-state index contributed by atoms with van der Waals surface area (Å²) in [7, 11) is -4.98. The first-order valence-electron chi connectivity index (χ1n) is 15.2. The normalized spacial score (nSPS) is 47.8. The molecule has 0 heterocycles. The third-order valence-corrected chi connectivity index (χ3v) is 14.2. The molecule has 9 unspecified atom stereocenters. The van der Waals surface area contributed by atoms with Crippen molar-refractivity contribution in [1.29, 1.82) is 0 Å². The largest absolute Gasteiger partial charge is 0.412 e. The fourth-order valence-electron chi connectivity index (χ4n) is 10.0. The van der Waals surface area contributed by atoms with Gasteiger partial charge in [0.15, 0.2) is 25.0 Å². The maximum absolute atomic E-state index is 7.13. The van der Waals surface area contributed by atoms with Gasteiger partial charge < -0.3 is 13.3 Å². The standard InChI is InChI=1S/C30H60O3Si3/c1-27-21-29(3,32-35(8,9)10)26(31-34(5,6)7)20-22(27)14-15-23-24(27)16-18-28(2)25(23)17-19-30(28,4)33-36(11,12)13/h22-26H,14-21H2,1-13H3. The van der Waals surface area contributed by atoms with Gasteiger partial charge in [-0.2, -0.15) is 0 Å². The van der Waals surface area contributed by atoms with Crippen molar-refractivity contribution < 1.29 is 13.3 Å². The SMILES string of the molecule is CC1(O[Si](C)(C)C)CC2(C)C(CCC3C2CCC2(C)C3CCC2(C)O[Si](C)(C)C)CC1O[Si](C)(C)C. The van der Waals surface area contributed by atoms with Crippen LogP contribution in [-0.2, 0) is 13.3 Å². The van der Waals surface area contributed by atoms with Gasteiger partial charge in [0.05, 0.1) is 17.3 Å². The van der Waals surface area contributed by atoms with Crippen LogP contribution in [0.5, 0.6) is 0 Å². The first-order chi connectivity index (χ1) is 16.1. The van der Waals surface area contributed by atoms with Gasteiger partial charge in [-0.15, -0.1) is 0 Å². The van der Waals surface area contributed by atoms with Crippen LogP contribution >= 0.6 is 0 Å². The summed E-state index contributed by atoms with van der Waals surface area (Å²) in [6.45, 7) is 31.5. The highest BCUT2D eigenvalue weighted by atomic mass is 28.4. The van der Waals surface area contributed by atoms with Crippen molar-refractivity contribution in [3.05, 3.63) is 0 Å². The van der Waals surface area contributed by atoms with E-state index in [0.29, 0.717) is 10.8 Å². The molecule has 210 valence electrons. The van der Waals surface area contributed by atoms with E-state index in [-0.39, 0.29) is 17.3 Å². The molecular formula is C30H60O3Si3. The average molecular weight is 553 g/mol. The van der Waals surface area contributed by atoms with E-state index in [1.54, 1.807) is 0 Å². The van der Waals surface area contributed by atoms with Gasteiger partial charge in [0.2, 0.25) is 0 Å². The monoisotopic (exact) mass is 552 g/mol. The molecule has 0 spiro atoms. The Morgan fingerprint density at radius 1 is 0.639 bits per heavy atom. The molecule has 0 N–H and O–H groups in total. The van der Waals surface area contributed by atoms with Crippen molar-refractivity contribution in [1.82, 2.24) is 0 Å². The third kappa shape index (κ3) is 5.31. The first kappa shape index (κ1) is 29.5. The molecule has 4 rings (SSSR count). The third-order valence-electron chi connectivity index (χ3n) is 11.1. The van der Waals surface area contributed by atoms with Crippen LogP contribution in [0.15, 0.2) is 0 Å². The van der Waals surface area contributed by atoms with Crippen LogP contribution in [0.2, 0.25) is 58.9 Å². The summed E-state index contributed by atoms with van der Waals surface area (Å²) in [6, 6.07) is 0. The number of hydrogen-bond acceptors (Lipinski definition) is 3. The predicted molar refractivity (Wildman–Crippen MR) is 161 cm³/mol. The molecule has 0 radical (unpaired) electrons. The summed E-state index contributed by atoms with van der Waals surface area (Å²) in [5, 5.41) is 0. The average Bonchev–Trinajstić information content (AvgIpc) is 2.89. The highest BCUT2D eigenvalue weighted by Gasteiger charge is 2.66. The lowest BCUT2D eigenvalue weighted by molar-refractivity contribution is -0.190. The predicted octanol–water partition coefficient (Wildman–Crippen LogP) is 9.08. The van der Waals surface area contributed by atoms with Crippen LogP contribution < -0.4 is 0 Å². The topological polar surface area (TPSA) is 27.7 Å². The van der Waals surface area contributed by atoms with Crippen molar-refractivity contribution in [3.8, 4) is 0 Å². The Bertz CT molecular complexity index is 829. The fraction of sp³-hybridized carbons (Fsp3) is 1.00. The second-order valence-electron chi connectivity index (χ2n) is 17.3. The summed E-state index contributed by atoms with van der Waals surface area (Å²) in [4.78, 5) is 0. The summed E-state index contributed by atoms with van der Waals surface area (Å²) in [6.07, 6.45) is 10.7. The molecule has 36 heavy (non-hydrogen) atoms. The van der Waals surface area contributed by atoms with Crippen molar-refractivity contribution in [2.24, 2.45) is 34.5 Å². The Morgan fingerprint density at radius 2 is 1.22 bits per heavy atom. The zero-order valence-electron chi connectivity index (χ0n) is 26.3. The first-order valence-corrected chi connectivity index (χ1v) is 25.4. The summed E-state index contributed by atoms with van der Waals surface area (Å²) >= 11 is 0. The maximum Gasteiger partial charge on any atom is 0.184 e. The van der Waals surface area contributed by atoms with Gasteiger partial charge in [0.25, 0.3) is 0 Å². The van der Waals surface area contributed by atoms with E-state index >= 15 is 0 Å². The molecule has 0 bridgehead atoms. The Balaban J connectivity index is 1.64. The maximum atomic E-state index is 7.13. The van der Waals surface area contributed by atoms with E-state index in [1.165, 1.54) is 51.4 Å². The van der Waals surface area contributed by atoms with Crippen molar-refractivity contribution >= 4 is 25.0 Å². The molecule has 0 aromatic heterocycles. The highest BCUT2D eigenvalue weighted by molar-refractivity contribution is 6.70. The minimum atomic E-state index is -1.72. The van der Waals surface area contributed by atoms with Crippen LogP contribution in [0, 0.1) is 34.5 Å². The Labute approximate surface area is 227 Å². The molecule has 4 saturated carbocycles. The highest BCUT2D eigenvalue weighted by Crippen LogP contribution is 2.70. The summed E-state index contributed by atoms with van der Waals surface area (Å²) in [5.74, 6) is 3.26. The molecule has 0 aliphatic heterocycles. The van der Waals surface area contributed by atoms with Crippen LogP contribution in [0.25, 0.3) is 0 Å². The van der Waals surface area contributed by atoms with Gasteiger partial charge in [-0.3, -0.25) is 0 Å². The second-order valence-corrected chi connectivity index (χ2v) is 30.6. The van der Waals surface area contributed by atoms with E-state index in [0.717, 1.165) is 23.7 Å². The lowest BCUT2D eigenvalue weighted by Gasteiger charge is -2.65. The van der Waals surface area contributed by atoms with E-state index < -0.39 is 25.0 Å². The molecule has 9 atom stereocenters. The molecular weight excluding hydrogens is 493 g/mol. The molecule has 3 nitrogen and oxygen atoms in total. The minimum absolute atomic E-state index is 0.0587. The molecule has 4 aliphatic carbocycles. The number of rotatable bonds is 6. The lowest BCUT2D eigenvalue weighted by Crippen LogP contribution is -2.64. The van der Waals surface area contributed by atoms with Gasteiger partial charge >= 0.3 is 0 Å². The van der Waals surface area contributed by atoms with E-state index in [1.807, 2.05) is 0 Å². The van der Waals surface area contributed by atoms with Crippen molar-refractivity contribution in [2.45, 2.75) is 155 Å². The second kappa shape index (κ2) is 9.02. The number of hydrogen-bond donors (Lipinski definition) is 0. The van der Waals surface area contributed by atoms with E-state index in [2.05, 4.69) is 86.6 Å². The van der Waals surface area contributed by atoms with Gasteiger partial charge in [-0.1, -0.05) is 13.8 Å². The van der Waals surface area contributed by atoms with Crippen LogP contribution in [0.1, 0.15) is 79.1 Å². The van der Waals surface area contributed by atoms with Crippen molar-refractivity contribution in [3.63, 3.8) is 0 Å². The lowest BCUT2D eigenvalue weighted by atomic mass is 9.43. The Hall–Kier alpha value is 0.531. The summed E-state index contributed by atoms with van der Waals surface area (Å²) < 4.78 is 21.1. The zero-order valence-corrected chi connectivity index (χ0v) is 29.3. The smallest absolute Gasteiger partial charge is 0.184 e. The van der Waals surface area contributed by atoms with Crippen LogP contribution in [0.3, 0.4) is 0 Å². The molecule has 0 aromatic carbocycles. The zero-order chi connectivity index (χ0) is 27.2. The molecule has 4 fully saturated rings. The van der Waals surface area contributed by atoms with Gasteiger partial charge in [0.1, 0.15) is 0 Å². The summed E-state index contributed by atoms with van der Waals surface area (Å²) in [5.41, 5.74) is 0.581. The Kier molecular flexibility index (Phi) is 7.39. The van der Waals surface area contributed by atoms with Gasteiger partial charge in [-0.05, 0) is 159 Å². The molecule has 6 heteroatoms. The molecule has 0 amide bonds. The Morgan fingerprint density at radius 3 is 1.78 bits per heavy atom. The minimum Gasteiger partial charge on any atom is -0.412 e. The van der Waals surface area contributed by atoms with Crippen LogP contribution in [-0.4, -0.2) is 42.3 Å². The van der Waals surface area contributed by atoms with Crippen molar-refractivity contribution in [2.75, 3.05) is 0 Å². The number of fused-ring (bicyclic) bond motifs is 5.